The summed E-state index contributed by atoms with van der Waals surface area (Å²) in [5.74, 6) is 0.160. The fraction of sp³-hybridized carbons (Fsp3) is 0.529. The molecule has 0 fully saturated rings. The Labute approximate surface area is 116 Å². The predicted molar refractivity (Wildman–Crippen MR) is 78.1 cm³/mol. The van der Waals surface area contributed by atoms with Gasteiger partial charge in [0.05, 0.1) is 0 Å². The number of aryl methyl sites for hydroxylation is 1. The lowest BCUT2D eigenvalue weighted by Crippen LogP contribution is -2.10. The average molecular weight is 260 g/mol. The van der Waals surface area contributed by atoms with Crippen LogP contribution in [0, 0.1) is 5.92 Å². The van der Waals surface area contributed by atoms with Gasteiger partial charge in [-0.1, -0.05) is 50.1 Å². The lowest BCUT2D eigenvalue weighted by atomic mass is 9.95. The Morgan fingerprint density at radius 3 is 2.58 bits per heavy atom. The first-order valence-electron chi connectivity index (χ1n) is 7.27. The van der Waals surface area contributed by atoms with Crippen molar-refractivity contribution in [3.63, 3.8) is 0 Å². The largest absolute Gasteiger partial charge is 0.303 e. The molecule has 104 valence electrons. The van der Waals surface area contributed by atoms with Crippen molar-refractivity contribution >= 4 is 12.1 Å². The molecular formula is C17H24O2. The third-order valence-corrected chi connectivity index (χ3v) is 3.37. The van der Waals surface area contributed by atoms with Gasteiger partial charge in [0, 0.05) is 18.8 Å². The highest BCUT2D eigenvalue weighted by molar-refractivity contribution is 5.81. The normalized spacial score (nSPS) is 12.1. The molecule has 0 radical (unpaired) electrons. The zero-order chi connectivity index (χ0) is 13.9. The van der Waals surface area contributed by atoms with Crippen LogP contribution >= 0.6 is 0 Å². The van der Waals surface area contributed by atoms with Crippen molar-refractivity contribution in [2.24, 2.45) is 5.92 Å². The van der Waals surface area contributed by atoms with E-state index >= 15 is 0 Å². The van der Waals surface area contributed by atoms with Crippen LogP contribution in [0.25, 0.3) is 0 Å². The summed E-state index contributed by atoms with van der Waals surface area (Å²) in [4.78, 5) is 22.7. The number of unbranched alkanes of at least 4 members (excludes halogenated alkanes) is 1. The van der Waals surface area contributed by atoms with Crippen LogP contribution in [0.1, 0.15) is 51.0 Å². The first kappa shape index (κ1) is 15.6. The minimum atomic E-state index is -0.0656. The highest BCUT2D eigenvalue weighted by Gasteiger charge is 2.12. The van der Waals surface area contributed by atoms with Gasteiger partial charge in [-0.05, 0) is 24.8 Å². The van der Waals surface area contributed by atoms with Gasteiger partial charge in [0.15, 0.2) is 0 Å². The lowest BCUT2D eigenvalue weighted by Gasteiger charge is -2.08. The summed E-state index contributed by atoms with van der Waals surface area (Å²) in [7, 11) is 0. The number of ketones is 1. The first-order chi connectivity index (χ1) is 9.26. The molecular weight excluding hydrogens is 236 g/mol. The summed E-state index contributed by atoms with van der Waals surface area (Å²) in [5, 5.41) is 0. The van der Waals surface area contributed by atoms with Crippen molar-refractivity contribution in [3.05, 3.63) is 35.9 Å². The molecule has 0 aliphatic carbocycles. The number of carbonyl (C=O) groups is 2. The average Bonchev–Trinajstić information content (AvgIpc) is 2.44. The van der Waals surface area contributed by atoms with Crippen LogP contribution in [0.5, 0.6) is 0 Å². The standard InChI is InChI=1S/C17H24O2/c1-2-3-8-16(14-18)13-17(19)12-7-11-15-9-5-4-6-10-15/h4-6,9-10,14,16H,2-3,7-8,11-13H2,1H3. The Bertz CT molecular complexity index is 370. The van der Waals surface area contributed by atoms with E-state index in [2.05, 4.69) is 19.1 Å². The van der Waals surface area contributed by atoms with Gasteiger partial charge in [0.25, 0.3) is 0 Å². The van der Waals surface area contributed by atoms with Crippen LogP contribution in [-0.4, -0.2) is 12.1 Å². The molecule has 1 unspecified atom stereocenters. The molecule has 0 heterocycles. The Hall–Kier alpha value is -1.44. The second-order valence-electron chi connectivity index (χ2n) is 5.12. The highest BCUT2D eigenvalue weighted by Crippen LogP contribution is 2.13. The molecule has 0 spiro atoms. The van der Waals surface area contributed by atoms with E-state index in [1.54, 1.807) is 0 Å². The van der Waals surface area contributed by atoms with Gasteiger partial charge >= 0.3 is 0 Å². The summed E-state index contributed by atoms with van der Waals surface area (Å²) in [6.07, 6.45) is 6.74. The summed E-state index contributed by atoms with van der Waals surface area (Å²) in [6.45, 7) is 2.10. The van der Waals surface area contributed by atoms with E-state index in [4.69, 9.17) is 0 Å². The van der Waals surface area contributed by atoms with Crippen LogP contribution in [0.2, 0.25) is 0 Å². The summed E-state index contributed by atoms with van der Waals surface area (Å²) in [5.41, 5.74) is 1.27. The van der Waals surface area contributed by atoms with E-state index in [9.17, 15) is 9.59 Å². The number of aldehydes is 1. The number of Topliss-reactive ketones (excluding diaryl/α,β-unsaturated/α-hetero) is 1. The number of rotatable bonds is 10. The van der Waals surface area contributed by atoms with Gasteiger partial charge in [-0.15, -0.1) is 0 Å². The van der Waals surface area contributed by atoms with E-state index in [1.165, 1.54) is 5.56 Å². The van der Waals surface area contributed by atoms with E-state index in [0.29, 0.717) is 12.8 Å². The molecule has 1 aromatic rings. The zero-order valence-electron chi connectivity index (χ0n) is 11.8. The molecule has 1 atom stereocenters. The Morgan fingerprint density at radius 2 is 1.95 bits per heavy atom. The highest BCUT2D eigenvalue weighted by atomic mass is 16.1. The monoisotopic (exact) mass is 260 g/mol. The van der Waals surface area contributed by atoms with E-state index in [-0.39, 0.29) is 11.7 Å². The summed E-state index contributed by atoms with van der Waals surface area (Å²) < 4.78 is 0. The van der Waals surface area contributed by atoms with Gasteiger partial charge in [-0.25, -0.2) is 0 Å². The molecule has 19 heavy (non-hydrogen) atoms. The quantitative estimate of drug-likeness (QED) is 0.596. The maximum absolute atomic E-state index is 11.8. The fourth-order valence-corrected chi connectivity index (χ4v) is 2.21. The number of benzene rings is 1. The topological polar surface area (TPSA) is 34.1 Å². The minimum Gasteiger partial charge on any atom is -0.303 e. The maximum atomic E-state index is 11.8. The molecule has 0 amide bonds. The van der Waals surface area contributed by atoms with Crippen molar-refractivity contribution in [2.45, 2.75) is 51.9 Å². The molecule has 0 N–H and O–H groups in total. The second-order valence-corrected chi connectivity index (χ2v) is 5.12. The second kappa shape index (κ2) is 9.48. The fourth-order valence-electron chi connectivity index (χ4n) is 2.21. The van der Waals surface area contributed by atoms with Crippen molar-refractivity contribution in [1.29, 1.82) is 0 Å². The summed E-state index contributed by atoms with van der Waals surface area (Å²) in [6, 6.07) is 10.2. The first-order valence-corrected chi connectivity index (χ1v) is 7.27. The van der Waals surface area contributed by atoms with Crippen LogP contribution in [-0.2, 0) is 16.0 Å². The van der Waals surface area contributed by atoms with Gasteiger partial charge < -0.3 is 4.79 Å². The molecule has 2 nitrogen and oxygen atoms in total. The molecule has 2 heteroatoms. The molecule has 0 aromatic heterocycles. The molecule has 0 aliphatic heterocycles. The van der Waals surface area contributed by atoms with Crippen molar-refractivity contribution < 1.29 is 9.59 Å². The SMILES string of the molecule is CCCCC(C=O)CC(=O)CCCc1ccccc1. The van der Waals surface area contributed by atoms with Crippen LogP contribution in [0.3, 0.4) is 0 Å². The van der Waals surface area contributed by atoms with Crippen LogP contribution < -0.4 is 0 Å². The van der Waals surface area contributed by atoms with E-state index < -0.39 is 0 Å². The molecule has 0 saturated heterocycles. The molecule has 0 aliphatic rings. The van der Waals surface area contributed by atoms with E-state index in [1.807, 2.05) is 18.2 Å². The molecule has 0 saturated carbocycles. The lowest BCUT2D eigenvalue weighted by molar-refractivity contribution is -0.123. The smallest absolute Gasteiger partial charge is 0.133 e. The number of hydrogen-bond donors (Lipinski definition) is 0. The zero-order valence-corrected chi connectivity index (χ0v) is 11.8. The maximum Gasteiger partial charge on any atom is 0.133 e. The van der Waals surface area contributed by atoms with Gasteiger partial charge in [-0.2, -0.15) is 0 Å². The van der Waals surface area contributed by atoms with Crippen molar-refractivity contribution in [1.82, 2.24) is 0 Å². The third kappa shape index (κ3) is 6.90. The van der Waals surface area contributed by atoms with Gasteiger partial charge in [0.1, 0.15) is 12.1 Å². The van der Waals surface area contributed by atoms with Gasteiger partial charge in [-0.3, -0.25) is 4.79 Å². The molecule has 1 rings (SSSR count). The minimum absolute atomic E-state index is 0.0656. The predicted octanol–water partition coefficient (Wildman–Crippen LogP) is 3.97. The van der Waals surface area contributed by atoms with Crippen molar-refractivity contribution in [3.8, 4) is 0 Å². The van der Waals surface area contributed by atoms with Gasteiger partial charge in [0.2, 0.25) is 0 Å². The molecule has 0 bridgehead atoms. The number of hydrogen-bond acceptors (Lipinski definition) is 2. The van der Waals surface area contributed by atoms with Crippen molar-refractivity contribution in [2.75, 3.05) is 0 Å². The number of carbonyl (C=O) groups excluding carboxylic acids is 2. The van der Waals surface area contributed by atoms with Crippen LogP contribution in [0.15, 0.2) is 30.3 Å². The Balaban J connectivity index is 2.21. The summed E-state index contributed by atoms with van der Waals surface area (Å²) >= 11 is 0. The molecule has 1 aromatic carbocycles. The van der Waals surface area contributed by atoms with Crippen LogP contribution in [0.4, 0.5) is 0 Å². The Morgan fingerprint density at radius 1 is 1.21 bits per heavy atom. The van der Waals surface area contributed by atoms with E-state index in [0.717, 1.165) is 38.4 Å². The Kier molecular flexibility index (Phi) is 7.80. The third-order valence-electron chi connectivity index (χ3n) is 3.37.